The van der Waals surface area contributed by atoms with Gasteiger partial charge >= 0.3 is 0 Å². The fourth-order valence-electron chi connectivity index (χ4n) is 2.50. The highest BCUT2D eigenvalue weighted by Crippen LogP contribution is 2.34. The summed E-state index contributed by atoms with van der Waals surface area (Å²) in [5, 5.41) is 2.09. The Morgan fingerprint density at radius 1 is 1.30 bits per heavy atom. The lowest BCUT2D eigenvalue weighted by molar-refractivity contribution is 0.623. The van der Waals surface area contributed by atoms with Crippen LogP contribution in [0.25, 0.3) is 0 Å². The Labute approximate surface area is 123 Å². The molecule has 3 rings (SSSR count). The molecule has 0 bridgehead atoms. The number of hydrogen-bond donors (Lipinski definition) is 1. The predicted octanol–water partition coefficient (Wildman–Crippen LogP) is 3.56. The molecule has 1 aliphatic carbocycles. The van der Waals surface area contributed by atoms with E-state index in [0.717, 1.165) is 24.2 Å². The van der Waals surface area contributed by atoms with E-state index in [1.54, 1.807) is 23.5 Å². The summed E-state index contributed by atoms with van der Waals surface area (Å²) in [4.78, 5) is 3.65. The summed E-state index contributed by atoms with van der Waals surface area (Å²) in [6.45, 7) is 1.42. The average molecular weight is 290 g/mol. The van der Waals surface area contributed by atoms with Crippen LogP contribution in [-0.2, 0) is 13.0 Å². The number of halogens is 1. The van der Waals surface area contributed by atoms with Crippen molar-refractivity contribution in [2.75, 3.05) is 11.4 Å². The third kappa shape index (κ3) is 3.19. The summed E-state index contributed by atoms with van der Waals surface area (Å²) in [6.07, 6.45) is 3.13. The Bertz CT molecular complexity index is 564. The van der Waals surface area contributed by atoms with Crippen molar-refractivity contribution in [3.8, 4) is 0 Å². The smallest absolute Gasteiger partial charge is 0.125 e. The van der Waals surface area contributed by atoms with Crippen LogP contribution in [0.3, 0.4) is 0 Å². The van der Waals surface area contributed by atoms with Crippen LogP contribution in [0, 0.1) is 5.82 Å². The molecular formula is C16H19FN2S. The molecule has 1 fully saturated rings. The molecule has 0 amide bonds. The molecule has 0 radical (unpaired) electrons. The molecule has 0 saturated heterocycles. The van der Waals surface area contributed by atoms with Crippen molar-refractivity contribution < 1.29 is 4.39 Å². The van der Waals surface area contributed by atoms with Crippen molar-refractivity contribution in [1.29, 1.82) is 0 Å². The summed E-state index contributed by atoms with van der Waals surface area (Å²) in [6, 6.07) is 10.1. The lowest BCUT2D eigenvalue weighted by Crippen LogP contribution is -2.24. The predicted molar refractivity (Wildman–Crippen MR) is 82.7 cm³/mol. The van der Waals surface area contributed by atoms with Gasteiger partial charge < -0.3 is 10.6 Å². The first-order chi connectivity index (χ1) is 9.76. The lowest BCUT2D eigenvalue weighted by atomic mass is 10.1. The summed E-state index contributed by atoms with van der Waals surface area (Å²) < 4.78 is 13.8. The van der Waals surface area contributed by atoms with E-state index >= 15 is 0 Å². The summed E-state index contributed by atoms with van der Waals surface area (Å²) >= 11 is 1.75. The summed E-state index contributed by atoms with van der Waals surface area (Å²) in [5.41, 5.74) is 7.56. The van der Waals surface area contributed by atoms with Gasteiger partial charge in [-0.3, -0.25) is 0 Å². The molecule has 0 spiro atoms. The molecule has 106 valence electrons. The van der Waals surface area contributed by atoms with Gasteiger partial charge in [-0.15, -0.1) is 11.3 Å². The fraction of sp³-hybridized carbons (Fsp3) is 0.375. The minimum atomic E-state index is -0.164. The molecule has 0 aliphatic heterocycles. The molecule has 0 atom stereocenters. The number of thiophene rings is 1. The molecule has 4 heteroatoms. The quantitative estimate of drug-likeness (QED) is 0.881. The molecule has 1 aliphatic rings. The Balaban J connectivity index is 1.86. The van der Waals surface area contributed by atoms with Gasteiger partial charge in [0, 0.05) is 16.6 Å². The van der Waals surface area contributed by atoms with Gasteiger partial charge in [0.2, 0.25) is 0 Å². The molecule has 2 nitrogen and oxygen atoms in total. The minimum Gasteiger partial charge on any atom is -0.363 e. The van der Waals surface area contributed by atoms with Crippen molar-refractivity contribution in [2.45, 2.75) is 31.8 Å². The molecule has 2 N–H and O–H groups in total. The van der Waals surface area contributed by atoms with Crippen molar-refractivity contribution in [1.82, 2.24) is 0 Å². The van der Waals surface area contributed by atoms with Gasteiger partial charge in [0.1, 0.15) is 5.82 Å². The van der Waals surface area contributed by atoms with Gasteiger partial charge in [-0.05, 0) is 61.0 Å². The Morgan fingerprint density at radius 2 is 2.15 bits per heavy atom. The van der Waals surface area contributed by atoms with Crippen LogP contribution in [0.5, 0.6) is 0 Å². The van der Waals surface area contributed by atoms with Crippen LogP contribution < -0.4 is 10.6 Å². The van der Waals surface area contributed by atoms with Crippen molar-refractivity contribution in [2.24, 2.45) is 5.73 Å². The first kappa shape index (κ1) is 13.6. The molecule has 1 aromatic carbocycles. The van der Waals surface area contributed by atoms with E-state index in [-0.39, 0.29) is 5.82 Å². The minimum absolute atomic E-state index is 0.164. The second kappa shape index (κ2) is 5.94. The fourth-order valence-corrected chi connectivity index (χ4v) is 3.20. The van der Waals surface area contributed by atoms with E-state index in [4.69, 9.17) is 5.73 Å². The Kier molecular flexibility index (Phi) is 4.03. The van der Waals surface area contributed by atoms with Gasteiger partial charge in [0.15, 0.2) is 0 Å². The maximum atomic E-state index is 13.8. The molecule has 1 aromatic heterocycles. The van der Waals surface area contributed by atoms with Crippen LogP contribution >= 0.6 is 11.3 Å². The third-order valence-corrected chi connectivity index (χ3v) is 4.46. The highest BCUT2D eigenvalue weighted by molar-refractivity contribution is 7.09. The summed E-state index contributed by atoms with van der Waals surface area (Å²) in [7, 11) is 0. The topological polar surface area (TPSA) is 29.3 Å². The van der Waals surface area contributed by atoms with E-state index < -0.39 is 0 Å². The zero-order valence-corrected chi connectivity index (χ0v) is 12.2. The van der Waals surface area contributed by atoms with E-state index in [2.05, 4.69) is 28.5 Å². The number of nitrogens with two attached hydrogens (primary N) is 1. The van der Waals surface area contributed by atoms with Crippen LogP contribution in [0.1, 0.15) is 23.3 Å². The maximum Gasteiger partial charge on any atom is 0.125 e. The van der Waals surface area contributed by atoms with Crippen LogP contribution in [-0.4, -0.2) is 12.6 Å². The number of benzene rings is 1. The molecule has 1 heterocycles. The van der Waals surface area contributed by atoms with Gasteiger partial charge in [-0.25, -0.2) is 4.39 Å². The van der Waals surface area contributed by atoms with Gasteiger partial charge in [0.25, 0.3) is 0 Å². The van der Waals surface area contributed by atoms with E-state index in [9.17, 15) is 4.39 Å². The number of nitrogens with zero attached hydrogens (tertiary/aromatic N) is 1. The van der Waals surface area contributed by atoms with Crippen LogP contribution in [0.15, 0.2) is 35.7 Å². The normalized spacial score (nSPS) is 14.5. The first-order valence-electron chi connectivity index (χ1n) is 7.05. The largest absolute Gasteiger partial charge is 0.363 e. The number of rotatable bonds is 6. The van der Waals surface area contributed by atoms with E-state index in [1.165, 1.54) is 17.7 Å². The Hall–Kier alpha value is -1.39. The molecule has 0 unspecified atom stereocenters. The monoisotopic (exact) mass is 290 g/mol. The highest BCUT2D eigenvalue weighted by Gasteiger charge is 2.29. The number of hydrogen-bond acceptors (Lipinski definition) is 3. The standard InChI is InChI=1S/C16H19FN2S/c17-13-8-12(5-6-18)9-15(10-13)19(14-3-4-14)11-16-2-1-7-20-16/h1-2,7-10,14H,3-6,11,18H2. The average Bonchev–Trinajstić information content (AvgIpc) is 3.12. The SMILES string of the molecule is NCCc1cc(F)cc(N(Cc2cccs2)C2CC2)c1. The van der Waals surface area contributed by atoms with Crippen molar-refractivity contribution in [3.05, 3.63) is 52.0 Å². The second-order valence-corrected chi connectivity index (χ2v) is 6.33. The third-order valence-electron chi connectivity index (χ3n) is 3.60. The Morgan fingerprint density at radius 3 is 2.80 bits per heavy atom. The second-order valence-electron chi connectivity index (χ2n) is 5.29. The zero-order valence-electron chi connectivity index (χ0n) is 11.4. The van der Waals surface area contributed by atoms with E-state index in [1.807, 2.05) is 0 Å². The first-order valence-corrected chi connectivity index (χ1v) is 7.93. The zero-order chi connectivity index (χ0) is 13.9. The molecule has 20 heavy (non-hydrogen) atoms. The maximum absolute atomic E-state index is 13.8. The number of anilines is 1. The van der Waals surface area contributed by atoms with Gasteiger partial charge in [-0.1, -0.05) is 6.07 Å². The van der Waals surface area contributed by atoms with Crippen molar-refractivity contribution in [3.63, 3.8) is 0 Å². The molecular weight excluding hydrogens is 271 g/mol. The van der Waals surface area contributed by atoms with E-state index in [0.29, 0.717) is 12.6 Å². The van der Waals surface area contributed by atoms with Gasteiger partial charge in [0.05, 0.1) is 6.54 Å². The highest BCUT2D eigenvalue weighted by atomic mass is 32.1. The van der Waals surface area contributed by atoms with Gasteiger partial charge in [-0.2, -0.15) is 0 Å². The van der Waals surface area contributed by atoms with Crippen molar-refractivity contribution >= 4 is 17.0 Å². The molecule has 2 aromatic rings. The molecule has 1 saturated carbocycles. The lowest BCUT2D eigenvalue weighted by Gasteiger charge is -2.25. The summed E-state index contributed by atoms with van der Waals surface area (Å²) in [5.74, 6) is -0.164. The van der Waals surface area contributed by atoms with Crippen LogP contribution in [0.2, 0.25) is 0 Å². The van der Waals surface area contributed by atoms with Crippen LogP contribution in [0.4, 0.5) is 10.1 Å².